The molecule has 1 amide bonds. The van der Waals surface area contributed by atoms with E-state index in [0.29, 0.717) is 22.0 Å². The molecule has 2 rings (SSSR count). The molecular formula is C15H15ClN2O2. The van der Waals surface area contributed by atoms with Crippen LogP contribution in [0.4, 0.5) is 11.4 Å². The molecule has 0 atom stereocenters. The molecule has 0 aliphatic carbocycles. The fourth-order valence-electron chi connectivity index (χ4n) is 1.81. The number of nitrogens with two attached hydrogens (primary N) is 1. The quantitative estimate of drug-likeness (QED) is 0.851. The smallest absolute Gasteiger partial charge is 0.257 e. The van der Waals surface area contributed by atoms with Crippen LogP contribution >= 0.6 is 11.6 Å². The van der Waals surface area contributed by atoms with E-state index in [1.807, 2.05) is 13.0 Å². The summed E-state index contributed by atoms with van der Waals surface area (Å²) in [5.41, 5.74) is 8.13. The molecular weight excluding hydrogens is 276 g/mol. The van der Waals surface area contributed by atoms with Crippen LogP contribution in [-0.4, -0.2) is 13.0 Å². The van der Waals surface area contributed by atoms with Gasteiger partial charge in [0.25, 0.3) is 5.91 Å². The molecule has 5 heteroatoms. The van der Waals surface area contributed by atoms with Gasteiger partial charge < -0.3 is 15.8 Å². The Morgan fingerprint density at radius 1 is 1.25 bits per heavy atom. The molecule has 3 N–H and O–H groups in total. The van der Waals surface area contributed by atoms with Crippen molar-refractivity contribution >= 4 is 28.9 Å². The van der Waals surface area contributed by atoms with E-state index < -0.39 is 0 Å². The van der Waals surface area contributed by atoms with Crippen LogP contribution < -0.4 is 15.8 Å². The van der Waals surface area contributed by atoms with Crippen molar-refractivity contribution in [2.24, 2.45) is 0 Å². The Morgan fingerprint density at radius 3 is 2.60 bits per heavy atom. The van der Waals surface area contributed by atoms with Crippen molar-refractivity contribution in [1.82, 2.24) is 0 Å². The number of carbonyl (C=O) groups is 1. The van der Waals surface area contributed by atoms with E-state index >= 15 is 0 Å². The van der Waals surface area contributed by atoms with Crippen molar-refractivity contribution in [2.75, 3.05) is 18.2 Å². The number of aryl methyl sites for hydroxylation is 1. The number of anilines is 2. The number of benzene rings is 2. The average molecular weight is 291 g/mol. The minimum absolute atomic E-state index is 0.275. The summed E-state index contributed by atoms with van der Waals surface area (Å²) in [7, 11) is 1.60. The SMILES string of the molecule is COc1ccc(NC(=O)c2ccc(N)cc2Cl)c(C)c1. The van der Waals surface area contributed by atoms with Gasteiger partial charge in [-0.3, -0.25) is 4.79 Å². The van der Waals surface area contributed by atoms with Crippen LogP contribution in [0.1, 0.15) is 15.9 Å². The molecule has 0 heterocycles. The number of amides is 1. The molecule has 0 spiro atoms. The predicted molar refractivity (Wildman–Crippen MR) is 81.5 cm³/mol. The molecule has 104 valence electrons. The van der Waals surface area contributed by atoms with Crippen molar-refractivity contribution in [3.63, 3.8) is 0 Å². The van der Waals surface area contributed by atoms with Gasteiger partial charge in [0.1, 0.15) is 5.75 Å². The second-order valence-electron chi connectivity index (χ2n) is 4.37. The first-order valence-electron chi connectivity index (χ1n) is 6.02. The summed E-state index contributed by atoms with van der Waals surface area (Å²) >= 11 is 6.02. The average Bonchev–Trinajstić information content (AvgIpc) is 2.40. The molecule has 2 aromatic carbocycles. The van der Waals surface area contributed by atoms with Crippen LogP contribution in [0, 0.1) is 6.92 Å². The third-order valence-electron chi connectivity index (χ3n) is 2.92. The monoisotopic (exact) mass is 290 g/mol. The molecule has 2 aromatic rings. The van der Waals surface area contributed by atoms with Crippen LogP contribution in [0.25, 0.3) is 0 Å². The molecule has 0 aromatic heterocycles. The Morgan fingerprint density at radius 2 is 2.00 bits per heavy atom. The number of hydrogen-bond acceptors (Lipinski definition) is 3. The number of nitrogens with one attached hydrogen (secondary N) is 1. The standard InChI is InChI=1S/C15H15ClN2O2/c1-9-7-11(20-2)4-6-14(9)18-15(19)12-5-3-10(17)8-13(12)16/h3-8H,17H2,1-2H3,(H,18,19). The first-order valence-corrected chi connectivity index (χ1v) is 6.40. The largest absolute Gasteiger partial charge is 0.497 e. The van der Waals surface area contributed by atoms with Gasteiger partial charge in [0.2, 0.25) is 0 Å². The lowest BCUT2D eigenvalue weighted by molar-refractivity contribution is 0.102. The van der Waals surface area contributed by atoms with E-state index in [1.165, 1.54) is 0 Å². The lowest BCUT2D eigenvalue weighted by Crippen LogP contribution is -2.13. The van der Waals surface area contributed by atoms with Gasteiger partial charge in [-0.2, -0.15) is 0 Å². The Bertz CT molecular complexity index is 656. The summed E-state index contributed by atoms with van der Waals surface area (Å²) in [6.07, 6.45) is 0. The van der Waals surface area contributed by atoms with E-state index in [4.69, 9.17) is 22.1 Å². The van der Waals surface area contributed by atoms with Gasteiger partial charge in [0.05, 0.1) is 17.7 Å². The highest BCUT2D eigenvalue weighted by Gasteiger charge is 2.12. The first-order chi connectivity index (χ1) is 9.51. The number of hydrogen-bond donors (Lipinski definition) is 2. The minimum Gasteiger partial charge on any atom is -0.497 e. The molecule has 0 aliphatic rings. The van der Waals surface area contributed by atoms with Gasteiger partial charge in [0, 0.05) is 11.4 Å². The number of halogens is 1. The summed E-state index contributed by atoms with van der Waals surface area (Å²) in [6.45, 7) is 1.89. The molecule has 0 fully saturated rings. The lowest BCUT2D eigenvalue weighted by Gasteiger charge is -2.11. The molecule has 0 bridgehead atoms. The summed E-state index contributed by atoms with van der Waals surface area (Å²) < 4.78 is 5.12. The number of carbonyl (C=O) groups excluding carboxylic acids is 1. The zero-order valence-corrected chi connectivity index (χ0v) is 12.0. The molecule has 0 radical (unpaired) electrons. The first kappa shape index (κ1) is 14.2. The van der Waals surface area contributed by atoms with Crippen molar-refractivity contribution < 1.29 is 9.53 Å². The third kappa shape index (κ3) is 3.03. The second-order valence-corrected chi connectivity index (χ2v) is 4.78. The van der Waals surface area contributed by atoms with Crippen LogP contribution in [0.2, 0.25) is 5.02 Å². The maximum absolute atomic E-state index is 12.2. The highest BCUT2D eigenvalue weighted by molar-refractivity contribution is 6.34. The van der Waals surface area contributed by atoms with Crippen LogP contribution in [0.15, 0.2) is 36.4 Å². The fourth-order valence-corrected chi connectivity index (χ4v) is 2.08. The number of methoxy groups -OCH3 is 1. The van der Waals surface area contributed by atoms with Gasteiger partial charge in [-0.05, 0) is 48.9 Å². The Balaban J connectivity index is 2.23. The highest BCUT2D eigenvalue weighted by Crippen LogP contribution is 2.24. The van der Waals surface area contributed by atoms with E-state index in [2.05, 4.69) is 5.32 Å². The van der Waals surface area contributed by atoms with Crippen molar-refractivity contribution in [3.05, 3.63) is 52.5 Å². The van der Waals surface area contributed by atoms with Crippen LogP contribution in [0.5, 0.6) is 5.75 Å². The summed E-state index contributed by atoms with van der Waals surface area (Å²) in [5, 5.41) is 3.15. The number of nitrogen functional groups attached to an aromatic ring is 1. The predicted octanol–water partition coefficient (Wildman–Crippen LogP) is 3.49. The maximum atomic E-state index is 12.2. The van der Waals surface area contributed by atoms with E-state index in [1.54, 1.807) is 37.4 Å². The molecule has 20 heavy (non-hydrogen) atoms. The Labute approximate surface area is 122 Å². The molecule has 0 saturated carbocycles. The normalized spacial score (nSPS) is 10.2. The summed E-state index contributed by atoms with van der Waals surface area (Å²) in [6, 6.07) is 10.2. The van der Waals surface area contributed by atoms with Crippen molar-refractivity contribution in [1.29, 1.82) is 0 Å². The Kier molecular flexibility index (Phi) is 4.15. The van der Waals surface area contributed by atoms with Crippen LogP contribution in [-0.2, 0) is 0 Å². The summed E-state index contributed by atoms with van der Waals surface area (Å²) in [5.74, 6) is 0.467. The van der Waals surface area contributed by atoms with E-state index in [0.717, 1.165) is 11.3 Å². The van der Waals surface area contributed by atoms with E-state index in [-0.39, 0.29) is 5.91 Å². The second kappa shape index (κ2) is 5.84. The van der Waals surface area contributed by atoms with Crippen LogP contribution in [0.3, 0.4) is 0 Å². The third-order valence-corrected chi connectivity index (χ3v) is 3.23. The van der Waals surface area contributed by atoms with Gasteiger partial charge in [-0.1, -0.05) is 11.6 Å². The number of ether oxygens (including phenoxy) is 1. The molecule has 4 nitrogen and oxygen atoms in total. The van der Waals surface area contributed by atoms with Crippen molar-refractivity contribution in [3.8, 4) is 5.75 Å². The van der Waals surface area contributed by atoms with E-state index in [9.17, 15) is 4.79 Å². The highest BCUT2D eigenvalue weighted by atomic mass is 35.5. The number of rotatable bonds is 3. The van der Waals surface area contributed by atoms with Gasteiger partial charge in [-0.25, -0.2) is 0 Å². The maximum Gasteiger partial charge on any atom is 0.257 e. The zero-order chi connectivity index (χ0) is 14.7. The zero-order valence-electron chi connectivity index (χ0n) is 11.2. The van der Waals surface area contributed by atoms with Gasteiger partial charge in [-0.15, -0.1) is 0 Å². The molecule has 0 saturated heterocycles. The fraction of sp³-hybridized carbons (Fsp3) is 0.133. The minimum atomic E-state index is -0.275. The molecule has 0 unspecified atom stereocenters. The lowest BCUT2D eigenvalue weighted by atomic mass is 10.1. The summed E-state index contributed by atoms with van der Waals surface area (Å²) in [4.78, 5) is 12.2. The van der Waals surface area contributed by atoms with Gasteiger partial charge >= 0.3 is 0 Å². The van der Waals surface area contributed by atoms with Crippen molar-refractivity contribution in [2.45, 2.75) is 6.92 Å². The Hall–Kier alpha value is -2.20. The topological polar surface area (TPSA) is 64.3 Å². The molecule has 0 aliphatic heterocycles. The van der Waals surface area contributed by atoms with Gasteiger partial charge in [0.15, 0.2) is 0 Å².